The molecule has 2 aliphatic heterocycles. The maximum Gasteiger partial charge on any atom is 0.338 e. The van der Waals surface area contributed by atoms with Crippen molar-refractivity contribution >= 4 is 41.2 Å². The summed E-state index contributed by atoms with van der Waals surface area (Å²) in [5, 5.41) is 6.58. The van der Waals surface area contributed by atoms with Crippen LogP contribution >= 0.6 is 23.2 Å². The Balaban J connectivity index is 1.95. The van der Waals surface area contributed by atoms with Gasteiger partial charge in [-0.3, -0.25) is 9.80 Å². The maximum atomic E-state index is 13.3. The van der Waals surface area contributed by atoms with Gasteiger partial charge in [0.05, 0.1) is 18.2 Å². The van der Waals surface area contributed by atoms with Crippen LogP contribution in [0.15, 0.2) is 42.1 Å². The van der Waals surface area contributed by atoms with E-state index in [0.29, 0.717) is 66.1 Å². The minimum Gasteiger partial charge on any atom is -0.463 e. The third-order valence-corrected chi connectivity index (χ3v) is 6.64. The second-order valence-electron chi connectivity index (χ2n) is 8.52. The molecule has 0 saturated carbocycles. The quantitative estimate of drug-likeness (QED) is 0.369. The fourth-order valence-electron chi connectivity index (χ4n) is 4.28. The standard InChI is InChI=1S/C25H33Cl2N5O4/c1-4-9-28-24(34)31-13-11-30(12-14-31)16-20-21(23(33)36-6-3)22(29-25(35)32(20)10-5-2)18-8-7-17(26)15-19(18)27/h5,7-8,15,22H,2,4,6,9-14,16H2,1,3H3,(H,28,34)(H,29,35)/t22-/m1/s1. The Morgan fingerprint density at radius 3 is 2.56 bits per heavy atom. The number of nitrogens with one attached hydrogen (secondary N) is 2. The van der Waals surface area contributed by atoms with Gasteiger partial charge in [0.1, 0.15) is 0 Å². The monoisotopic (exact) mass is 537 g/mol. The molecule has 196 valence electrons. The van der Waals surface area contributed by atoms with Gasteiger partial charge in [0.25, 0.3) is 0 Å². The molecule has 2 heterocycles. The number of carbonyl (C=O) groups is 3. The number of hydrogen-bond donors (Lipinski definition) is 2. The van der Waals surface area contributed by atoms with Crippen LogP contribution in [0.2, 0.25) is 10.0 Å². The Morgan fingerprint density at radius 1 is 1.22 bits per heavy atom. The molecule has 36 heavy (non-hydrogen) atoms. The molecule has 1 atom stereocenters. The predicted octanol–water partition coefficient (Wildman–Crippen LogP) is 3.80. The van der Waals surface area contributed by atoms with Crippen LogP contribution in [0.3, 0.4) is 0 Å². The number of amides is 4. The van der Waals surface area contributed by atoms with Crippen molar-refractivity contribution in [1.82, 2.24) is 25.3 Å². The van der Waals surface area contributed by atoms with Crippen molar-refractivity contribution in [2.24, 2.45) is 0 Å². The fraction of sp³-hybridized carbons (Fsp3) is 0.480. The second-order valence-corrected chi connectivity index (χ2v) is 9.37. The number of rotatable bonds is 9. The smallest absolute Gasteiger partial charge is 0.338 e. The molecule has 1 aromatic rings. The first-order chi connectivity index (χ1) is 17.3. The van der Waals surface area contributed by atoms with Crippen molar-refractivity contribution < 1.29 is 19.1 Å². The minimum atomic E-state index is -0.807. The van der Waals surface area contributed by atoms with E-state index in [-0.39, 0.29) is 25.2 Å². The van der Waals surface area contributed by atoms with Crippen molar-refractivity contribution in [1.29, 1.82) is 0 Å². The van der Waals surface area contributed by atoms with E-state index in [0.717, 1.165) is 6.42 Å². The molecule has 9 nitrogen and oxygen atoms in total. The Hall–Kier alpha value is -2.75. The number of hydrogen-bond acceptors (Lipinski definition) is 5. The zero-order chi connectivity index (χ0) is 26.2. The van der Waals surface area contributed by atoms with Crippen molar-refractivity contribution in [2.75, 3.05) is 52.4 Å². The molecule has 11 heteroatoms. The summed E-state index contributed by atoms with van der Waals surface area (Å²) in [6.45, 7) is 11.1. The van der Waals surface area contributed by atoms with Crippen LogP contribution < -0.4 is 10.6 Å². The van der Waals surface area contributed by atoms with Gasteiger partial charge in [0.15, 0.2) is 0 Å². The van der Waals surface area contributed by atoms with Gasteiger partial charge >= 0.3 is 18.0 Å². The highest BCUT2D eigenvalue weighted by atomic mass is 35.5. The van der Waals surface area contributed by atoms with Gasteiger partial charge in [-0.15, -0.1) is 6.58 Å². The molecule has 1 saturated heterocycles. The van der Waals surface area contributed by atoms with Crippen molar-refractivity contribution in [2.45, 2.75) is 26.3 Å². The summed E-state index contributed by atoms with van der Waals surface area (Å²) < 4.78 is 5.41. The molecule has 0 radical (unpaired) electrons. The number of halogens is 2. The SMILES string of the molecule is C=CCN1C(=O)N[C@H](c2ccc(Cl)cc2Cl)C(C(=O)OCC)=C1CN1CCN(C(=O)NCCC)CC1. The number of carbonyl (C=O) groups excluding carboxylic acids is 3. The Labute approximate surface area is 222 Å². The molecular formula is C25H33Cl2N5O4. The van der Waals surface area contributed by atoms with Gasteiger partial charge in [-0.05, 0) is 31.0 Å². The first-order valence-electron chi connectivity index (χ1n) is 12.1. The molecule has 2 aliphatic rings. The summed E-state index contributed by atoms with van der Waals surface area (Å²) in [6.07, 6.45) is 2.48. The van der Waals surface area contributed by atoms with Crippen LogP contribution in [0, 0.1) is 0 Å². The lowest BCUT2D eigenvalue weighted by Crippen LogP contribution is -2.55. The van der Waals surface area contributed by atoms with Crippen LogP contribution in [0.5, 0.6) is 0 Å². The van der Waals surface area contributed by atoms with Gasteiger partial charge in [-0.25, -0.2) is 14.4 Å². The Bertz CT molecular complexity index is 1020. The predicted molar refractivity (Wildman–Crippen MR) is 140 cm³/mol. The van der Waals surface area contributed by atoms with E-state index >= 15 is 0 Å². The van der Waals surface area contributed by atoms with Gasteiger partial charge in [-0.1, -0.05) is 42.3 Å². The third kappa shape index (κ3) is 6.52. The van der Waals surface area contributed by atoms with Gasteiger partial charge < -0.3 is 20.3 Å². The number of urea groups is 2. The molecule has 2 N–H and O–H groups in total. The van der Waals surface area contributed by atoms with E-state index in [1.165, 1.54) is 4.90 Å². The Kier molecular flexibility index (Phi) is 10.0. The maximum absolute atomic E-state index is 13.3. The largest absolute Gasteiger partial charge is 0.463 e. The molecule has 0 spiro atoms. The average molecular weight is 538 g/mol. The molecular weight excluding hydrogens is 505 g/mol. The van der Waals surface area contributed by atoms with Gasteiger partial charge in [-0.2, -0.15) is 0 Å². The zero-order valence-corrected chi connectivity index (χ0v) is 22.2. The molecule has 0 aliphatic carbocycles. The highest BCUT2D eigenvalue weighted by molar-refractivity contribution is 6.35. The summed E-state index contributed by atoms with van der Waals surface area (Å²) >= 11 is 12.6. The number of esters is 1. The number of piperazine rings is 1. The van der Waals surface area contributed by atoms with Gasteiger partial charge in [0, 0.05) is 61.6 Å². The van der Waals surface area contributed by atoms with Gasteiger partial charge in [0.2, 0.25) is 0 Å². The second kappa shape index (κ2) is 13.0. The van der Waals surface area contributed by atoms with E-state index in [4.69, 9.17) is 27.9 Å². The molecule has 0 bridgehead atoms. The van der Waals surface area contributed by atoms with Crippen molar-refractivity contribution in [3.05, 3.63) is 57.7 Å². The highest BCUT2D eigenvalue weighted by Crippen LogP contribution is 2.36. The molecule has 1 aromatic carbocycles. The molecule has 4 amide bonds. The van der Waals surface area contributed by atoms with Crippen molar-refractivity contribution in [3.8, 4) is 0 Å². The van der Waals surface area contributed by atoms with Crippen molar-refractivity contribution in [3.63, 3.8) is 0 Å². The molecule has 0 aromatic heterocycles. The number of benzene rings is 1. The minimum absolute atomic E-state index is 0.0781. The van der Waals surface area contributed by atoms with E-state index in [2.05, 4.69) is 22.1 Å². The highest BCUT2D eigenvalue weighted by Gasteiger charge is 2.39. The molecule has 1 fully saturated rings. The lowest BCUT2D eigenvalue weighted by molar-refractivity contribution is -0.139. The van der Waals surface area contributed by atoms with Crippen LogP contribution in [0.4, 0.5) is 9.59 Å². The first-order valence-corrected chi connectivity index (χ1v) is 12.8. The van der Waals surface area contributed by atoms with Crippen LogP contribution in [0.1, 0.15) is 31.9 Å². The normalized spacial score (nSPS) is 18.7. The molecule has 3 rings (SSSR count). The fourth-order valence-corrected chi connectivity index (χ4v) is 4.80. The van der Waals surface area contributed by atoms with Crippen LogP contribution in [0.25, 0.3) is 0 Å². The number of ether oxygens (including phenoxy) is 1. The topological polar surface area (TPSA) is 94.2 Å². The first kappa shape index (κ1) is 27.8. The average Bonchev–Trinajstić information content (AvgIpc) is 2.85. The van der Waals surface area contributed by atoms with Crippen LogP contribution in [-0.4, -0.2) is 85.2 Å². The zero-order valence-electron chi connectivity index (χ0n) is 20.7. The summed E-state index contributed by atoms with van der Waals surface area (Å²) in [5.74, 6) is -0.532. The van der Waals surface area contributed by atoms with E-state index in [1.807, 2.05) is 6.92 Å². The third-order valence-electron chi connectivity index (χ3n) is 6.08. The molecule has 0 unspecified atom stereocenters. The Morgan fingerprint density at radius 2 is 1.94 bits per heavy atom. The summed E-state index contributed by atoms with van der Waals surface area (Å²) in [6, 6.07) is 3.68. The van der Waals surface area contributed by atoms with E-state index < -0.39 is 12.0 Å². The number of nitrogens with zero attached hydrogens (tertiary/aromatic N) is 3. The summed E-state index contributed by atoms with van der Waals surface area (Å²) in [4.78, 5) is 44.2. The summed E-state index contributed by atoms with van der Waals surface area (Å²) in [5.41, 5.74) is 1.38. The lowest BCUT2D eigenvalue weighted by atomic mass is 9.94. The van der Waals surface area contributed by atoms with Crippen LogP contribution in [-0.2, 0) is 9.53 Å². The van der Waals surface area contributed by atoms with E-state index in [1.54, 1.807) is 36.1 Å². The summed E-state index contributed by atoms with van der Waals surface area (Å²) in [7, 11) is 0. The van der Waals surface area contributed by atoms with E-state index in [9.17, 15) is 14.4 Å². The lowest BCUT2D eigenvalue weighted by Gasteiger charge is -2.40.